The summed E-state index contributed by atoms with van der Waals surface area (Å²) in [6, 6.07) is 0.291. The van der Waals surface area contributed by atoms with Crippen molar-refractivity contribution in [1.29, 1.82) is 0 Å². The normalized spacial score (nSPS) is 16.1. The smallest absolute Gasteiger partial charge is 0.243 e. The molecule has 1 saturated heterocycles. The van der Waals surface area contributed by atoms with E-state index in [4.69, 9.17) is 5.11 Å². The fraction of sp³-hybridized carbons (Fsp3) is 0.846. The molecule has 0 saturated carbocycles. The lowest BCUT2D eigenvalue weighted by Crippen LogP contribution is -2.45. The standard InChI is InChI=1S/C13H24N2O3/c1-3-11(4-2)14(8-9-16)10-13(18)15-7-5-6-12(15)17/h11,16H,3-10H2,1-2H3. The second kappa shape index (κ2) is 7.48. The van der Waals surface area contributed by atoms with Crippen molar-refractivity contribution >= 4 is 11.8 Å². The summed E-state index contributed by atoms with van der Waals surface area (Å²) in [5, 5.41) is 9.07. The Morgan fingerprint density at radius 3 is 2.56 bits per heavy atom. The van der Waals surface area contributed by atoms with Crippen molar-refractivity contribution in [3.63, 3.8) is 0 Å². The van der Waals surface area contributed by atoms with Gasteiger partial charge in [-0.15, -0.1) is 0 Å². The highest BCUT2D eigenvalue weighted by Crippen LogP contribution is 2.13. The number of aliphatic hydroxyl groups is 1. The van der Waals surface area contributed by atoms with E-state index in [2.05, 4.69) is 13.8 Å². The molecular weight excluding hydrogens is 232 g/mol. The van der Waals surface area contributed by atoms with Gasteiger partial charge >= 0.3 is 0 Å². The van der Waals surface area contributed by atoms with Crippen LogP contribution in [-0.4, -0.2) is 59.0 Å². The molecule has 1 aliphatic heterocycles. The zero-order chi connectivity index (χ0) is 13.5. The summed E-state index contributed by atoms with van der Waals surface area (Å²) in [6.07, 6.45) is 3.14. The lowest BCUT2D eigenvalue weighted by atomic mass is 10.1. The maximum Gasteiger partial charge on any atom is 0.243 e. The molecule has 0 radical (unpaired) electrons. The predicted octanol–water partition coefficient (Wildman–Crippen LogP) is 0.618. The summed E-state index contributed by atoms with van der Waals surface area (Å²) >= 11 is 0. The van der Waals surface area contributed by atoms with Gasteiger partial charge in [-0.05, 0) is 19.3 Å². The van der Waals surface area contributed by atoms with E-state index < -0.39 is 0 Å². The highest BCUT2D eigenvalue weighted by Gasteiger charge is 2.28. The number of hydrogen-bond acceptors (Lipinski definition) is 4. The van der Waals surface area contributed by atoms with Crippen molar-refractivity contribution < 1.29 is 14.7 Å². The molecule has 0 spiro atoms. The van der Waals surface area contributed by atoms with Gasteiger partial charge in [0.25, 0.3) is 0 Å². The first-order valence-electron chi connectivity index (χ1n) is 6.82. The predicted molar refractivity (Wildman–Crippen MR) is 69.0 cm³/mol. The number of hydrogen-bond donors (Lipinski definition) is 1. The Morgan fingerprint density at radius 1 is 1.44 bits per heavy atom. The van der Waals surface area contributed by atoms with Crippen LogP contribution in [0.3, 0.4) is 0 Å². The fourth-order valence-corrected chi connectivity index (χ4v) is 2.50. The summed E-state index contributed by atoms with van der Waals surface area (Å²) in [6.45, 7) is 5.46. The summed E-state index contributed by atoms with van der Waals surface area (Å²) in [7, 11) is 0. The van der Waals surface area contributed by atoms with Gasteiger partial charge in [-0.3, -0.25) is 19.4 Å². The number of nitrogens with zero attached hydrogens (tertiary/aromatic N) is 2. The third-order valence-corrected chi connectivity index (χ3v) is 3.56. The van der Waals surface area contributed by atoms with Crippen LogP contribution >= 0.6 is 0 Å². The van der Waals surface area contributed by atoms with E-state index >= 15 is 0 Å². The van der Waals surface area contributed by atoms with E-state index in [0.717, 1.165) is 19.3 Å². The van der Waals surface area contributed by atoms with E-state index in [1.54, 1.807) is 0 Å². The van der Waals surface area contributed by atoms with E-state index in [1.807, 2.05) is 4.90 Å². The van der Waals surface area contributed by atoms with Crippen molar-refractivity contribution in [3.05, 3.63) is 0 Å². The minimum absolute atomic E-state index is 0.0394. The van der Waals surface area contributed by atoms with E-state index in [1.165, 1.54) is 4.90 Å². The van der Waals surface area contributed by atoms with Crippen LogP contribution in [0.15, 0.2) is 0 Å². The molecule has 1 heterocycles. The molecule has 18 heavy (non-hydrogen) atoms. The Kier molecular flexibility index (Phi) is 6.29. The molecule has 1 fully saturated rings. The maximum atomic E-state index is 12.1. The van der Waals surface area contributed by atoms with Gasteiger partial charge in [-0.1, -0.05) is 13.8 Å². The average Bonchev–Trinajstić information content (AvgIpc) is 2.77. The van der Waals surface area contributed by atoms with Gasteiger partial charge in [-0.25, -0.2) is 0 Å². The summed E-state index contributed by atoms with van der Waals surface area (Å²) < 4.78 is 0. The highest BCUT2D eigenvalue weighted by atomic mass is 16.3. The molecule has 0 aromatic heterocycles. The van der Waals surface area contributed by atoms with Gasteiger partial charge in [0.05, 0.1) is 13.2 Å². The fourth-order valence-electron chi connectivity index (χ4n) is 2.50. The van der Waals surface area contributed by atoms with Gasteiger partial charge in [-0.2, -0.15) is 0 Å². The van der Waals surface area contributed by atoms with Gasteiger partial charge < -0.3 is 5.11 Å². The molecule has 5 heteroatoms. The van der Waals surface area contributed by atoms with Crippen LogP contribution in [-0.2, 0) is 9.59 Å². The third kappa shape index (κ3) is 3.78. The second-order valence-corrected chi connectivity index (χ2v) is 4.71. The van der Waals surface area contributed by atoms with Crippen molar-refractivity contribution in [3.8, 4) is 0 Å². The topological polar surface area (TPSA) is 60.9 Å². The number of likely N-dealkylation sites (tertiary alicyclic amines) is 1. The largest absolute Gasteiger partial charge is 0.395 e. The molecule has 1 rings (SSSR count). The first-order chi connectivity index (χ1) is 8.63. The monoisotopic (exact) mass is 256 g/mol. The molecular formula is C13H24N2O3. The van der Waals surface area contributed by atoms with Gasteiger partial charge in [0.15, 0.2) is 0 Å². The SMILES string of the molecule is CCC(CC)N(CCO)CC(=O)N1CCCC1=O. The molecule has 0 unspecified atom stereocenters. The van der Waals surface area contributed by atoms with Crippen molar-refractivity contribution in [2.45, 2.75) is 45.6 Å². The van der Waals surface area contributed by atoms with Crippen LogP contribution in [0.4, 0.5) is 0 Å². The molecule has 0 aliphatic carbocycles. The average molecular weight is 256 g/mol. The van der Waals surface area contributed by atoms with Crippen LogP contribution < -0.4 is 0 Å². The van der Waals surface area contributed by atoms with E-state index in [9.17, 15) is 9.59 Å². The lowest BCUT2D eigenvalue weighted by Gasteiger charge is -2.30. The Hall–Kier alpha value is -0.940. The molecule has 104 valence electrons. The Bertz CT molecular complexity index is 290. The minimum atomic E-state index is -0.127. The number of carbonyl (C=O) groups excluding carboxylic acids is 2. The lowest BCUT2D eigenvalue weighted by molar-refractivity contribution is -0.143. The molecule has 0 bridgehead atoms. The van der Waals surface area contributed by atoms with Gasteiger partial charge in [0.1, 0.15) is 0 Å². The molecule has 0 atom stereocenters. The zero-order valence-corrected chi connectivity index (χ0v) is 11.4. The number of aliphatic hydroxyl groups excluding tert-OH is 1. The van der Waals surface area contributed by atoms with E-state index in [-0.39, 0.29) is 25.0 Å². The summed E-state index contributed by atoms with van der Waals surface area (Å²) in [4.78, 5) is 26.9. The Morgan fingerprint density at radius 2 is 2.11 bits per heavy atom. The van der Waals surface area contributed by atoms with Crippen LogP contribution in [0.25, 0.3) is 0 Å². The van der Waals surface area contributed by atoms with Crippen molar-refractivity contribution in [1.82, 2.24) is 9.80 Å². The molecule has 0 aromatic rings. The van der Waals surface area contributed by atoms with Crippen LogP contribution in [0.5, 0.6) is 0 Å². The summed E-state index contributed by atoms with van der Waals surface area (Å²) in [5.74, 6) is -0.189. The quantitative estimate of drug-likeness (QED) is 0.725. The maximum absolute atomic E-state index is 12.1. The van der Waals surface area contributed by atoms with E-state index in [0.29, 0.717) is 25.6 Å². The zero-order valence-electron chi connectivity index (χ0n) is 11.4. The molecule has 1 N–H and O–H groups in total. The molecule has 0 aromatic carbocycles. The van der Waals surface area contributed by atoms with Crippen LogP contribution in [0, 0.1) is 0 Å². The molecule has 1 aliphatic rings. The van der Waals surface area contributed by atoms with Crippen LogP contribution in [0.2, 0.25) is 0 Å². The number of rotatable bonds is 7. The van der Waals surface area contributed by atoms with Crippen LogP contribution in [0.1, 0.15) is 39.5 Å². The molecule has 2 amide bonds. The third-order valence-electron chi connectivity index (χ3n) is 3.56. The highest BCUT2D eigenvalue weighted by molar-refractivity contribution is 5.97. The second-order valence-electron chi connectivity index (χ2n) is 4.71. The number of carbonyl (C=O) groups is 2. The first-order valence-corrected chi connectivity index (χ1v) is 6.82. The van der Waals surface area contributed by atoms with Crippen molar-refractivity contribution in [2.75, 3.05) is 26.2 Å². The van der Waals surface area contributed by atoms with Crippen molar-refractivity contribution in [2.24, 2.45) is 0 Å². The minimum Gasteiger partial charge on any atom is -0.395 e. The Balaban J connectivity index is 2.59. The van der Waals surface area contributed by atoms with Gasteiger partial charge in [0.2, 0.25) is 11.8 Å². The first kappa shape index (κ1) is 15.1. The number of imide groups is 1. The summed E-state index contributed by atoms with van der Waals surface area (Å²) in [5.41, 5.74) is 0. The molecule has 5 nitrogen and oxygen atoms in total. The Labute approximate surface area is 109 Å². The van der Waals surface area contributed by atoms with Gasteiger partial charge in [0, 0.05) is 25.6 Å². The number of amides is 2.